The van der Waals surface area contributed by atoms with Crippen LogP contribution in [-0.4, -0.2) is 41.6 Å². The molecule has 0 bridgehead atoms. The molecular weight excluding hydrogens is 286 g/mol. The minimum Gasteiger partial charge on any atom is -0.372 e. The molecule has 1 aliphatic heterocycles. The van der Waals surface area contributed by atoms with E-state index in [4.69, 9.17) is 4.74 Å². The maximum Gasteiger partial charge on any atom is 0.170 e. The number of hydrogen-bond donors (Lipinski definition) is 0. The zero-order chi connectivity index (χ0) is 14.8. The van der Waals surface area contributed by atoms with Crippen molar-refractivity contribution in [2.45, 2.75) is 26.1 Å². The third kappa shape index (κ3) is 2.96. The molecule has 6 heteroatoms. The van der Waals surface area contributed by atoms with Crippen LogP contribution < -0.4 is 4.90 Å². The van der Waals surface area contributed by atoms with Crippen molar-refractivity contribution in [1.82, 2.24) is 9.97 Å². The number of carbonyl (C=O) groups excluding carboxylic acids is 1. The molecule has 0 aromatic carbocycles. The summed E-state index contributed by atoms with van der Waals surface area (Å²) < 4.78 is 5.74. The van der Waals surface area contributed by atoms with Gasteiger partial charge in [-0.1, -0.05) is 0 Å². The van der Waals surface area contributed by atoms with Gasteiger partial charge in [0.15, 0.2) is 6.29 Å². The Hall–Kier alpha value is -1.79. The monoisotopic (exact) mass is 303 g/mol. The number of carbonyl (C=O) groups is 1. The van der Waals surface area contributed by atoms with Crippen molar-refractivity contribution in [3.63, 3.8) is 0 Å². The molecule has 0 radical (unpaired) electrons. The summed E-state index contributed by atoms with van der Waals surface area (Å²) in [6.07, 6.45) is 2.84. The SMILES string of the molecule is C[C@@H]1CN(c2ccc(-c3nccs3)nc2C=O)C[C@H](C)O1. The van der Waals surface area contributed by atoms with Crippen LogP contribution in [0.25, 0.3) is 10.7 Å². The number of thiazole rings is 1. The summed E-state index contributed by atoms with van der Waals surface area (Å²) in [6, 6.07) is 3.88. The van der Waals surface area contributed by atoms with Gasteiger partial charge in [-0.2, -0.15) is 0 Å². The van der Waals surface area contributed by atoms with E-state index in [1.807, 2.05) is 31.4 Å². The highest BCUT2D eigenvalue weighted by Crippen LogP contribution is 2.27. The van der Waals surface area contributed by atoms with Gasteiger partial charge in [-0.15, -0.1) is 11.3 Å². The first-order valence-electron chi connectivity index (χ1n) is 6.94. The summed E-state index contributed by atoms with van der Waals surface area (Å²) in [5, 5.41) is 2.73. The minimum absolute atomic E-state index is 0.145. The van der Waals surface area contributed by atoms with Crippen molar-refractivity contribution < 1.29 is 9.53 Å². The van der Waals surface area contributed by atoms with Gasteiger partial charge in [0.05, 0.1) is 23.6 Å². The number of aromatic nitrogens is 2. The van der Waals surface area contributed by atoms with Crippen LogP contribution in [0.15, 0.2) is 23.7 Å². The van der Waals surface area contributed by atoms with Gasteiger partial charge in [0.1, 0.15) is 10.7 Å². The lowest BCUT2D eigenvalue weighted by Gasteiger charge is -2.37. The molecule has 3 heterocycles. The fraction of sp³-hybridized carbons (Fsp3) is 0.400. The van der Waals surface area contributed by atoms with E-state index in [0.717, 1.165) is 35.8 Å². The molecule has 1 aliphatic rings. The second kappa shape index (κ2) is 5.91. The molecule has 0 aliphatic carbocycles. The van der Waals surface area contributed by atoms with Gasteiger partial charge in [0.25, 0.3) is 0 Å². The summed E-state index contributed by atoms with van der Waals surface area (Å²) in [5.41, 5.74) is 2.07. The highest BCUT2D eigenvalue weighted by Gasteiger charge is 2.24. The molecule has 1 saturated heterocycles. The number of anilines is 1. The van der Waals surface area contributed by atoms with Crippen LogP contribution in [0.4, 0.5) is 5.69 Å². The second-order valence-corrected chi connectivity index (χ2v) is 6.11. The average Bonchev–Trinajstić information content (AvgIpc) is 2.99. The molecule has 2 aromatic heterocycles. The molecule has 2 atom stereocenters. The normalized spacial score (nSPS) is 22.3. The Kier molecular flexibility index (Phi) is 3.98. The molecule has 3 rings (SSSR count). The van der Waals surface area contributed by atoms with Crippen LogP contribution in [0.1, 0.15) is 24.3 Å². The van der Waals surface area contributed by atoms with Gasteiger partial charge in [-0.3, -0.25) is 4.79 Å². The zero-order valence-corrected chi connectivity index (χ0v) is 12.8. The van der Waals surface area contributed by atoms with Gasteiger partial charge < -0.3 is 9.64 Å². The third-order valence-electron chi connectivity index (χ3n) is 3.43. The number of nitrogens with zero attached hydrogens (tertiary/aromatic N) is 3. The molecule has 21 heavy (non-hydrogen) atoms. The zero-order valence-electron chi connectivity index (χ0n) is 12.0. The van der Waals surface area contributed by atoms with E-state index in [-0.39, 0.29) is 12.2 Å². The summed E-state index contributed by atoms with van der Waals surface area (Å²) in [5.74, 6) is 0. The van der Waals surface area contributed by atoms with Gasteiger partial charge in [0, 0.05) is 24.7 Å². The number of rotatable bonds is 3. The van der Waals surface area contributed by atoms with Crippen molar-refractivity contribution in [3.05, 3.63) is 29.4 Å². The van der Waals surface area contributed by atoms with Gasteiger partial charge >= 0.3 is 0 Å². The number of aldehydes is 1. The molecule has 110 valence electrons. The van der Waals surface area contributed by atoms with Crippen molar-refractivity contribution in [1.29, 1.82) is 0 Å². The Morgan fingerprint density at radius 3 is 2.71 bits per heavy atom. The maximum atomic E-state index is 11.4. The van der Waals surface area contributed by atoms with Gasteiger partial charge in [-0.25, -0.2) is 9.97 Å². The molecule has 0 unspecified atom stereocenters. The van der Waals surface area contributed by atoms with Crippen LogP contribution in [0.5, 0.6) is 0 Å². The standard InChI is InChI=1S/C15H17N3O2S/c1-10-7-18(8-11(2)20-10)14-4-3-12(17-13(14)9-19)15-16-5-6-21-15/h3-6,9-11H,7-8H2,1-2H3/t10-,11+. The maximum absolute atomic E-state index is 11.4. The number of ether oxygens (including phenoxy) is 1. The molecule has 0 spiro atoms. The van der Waals surface area contributed by atoms with Crippen molar-refractivity contribution in [2.24, 2.45) is 0 Å². The summed E-state index contributed by atoms with van der Waals surface area (Å²) in [6.45, 7) is 5.62. The molecule has 0 saturated carbocycles. The molecule has 0 amide bonds. The lowest BCUT2D eigenvalue weighted by atomic mass is 10.1. The topological polar surface area (TPSA) is 55.3 Å². The van der Waals surface area contributed by atoms with Crippen LogP contribution in [0.2, 0.25) is 0 Å². The summed E-state index contributed by atoms with van der Waals surface area (Å²) in [7, 11) is 0. The lowest BCUT2D eigenvalue weighted by Crippen LogP contribution is -2.45. The summed E-state index contributed by atoms with van der Waals surface area (Å²) in [4.78, 5) is 22.3. The largest absolute Gasteiger partial charge is 0.372 e. The van der Waals surface area contributed by atoms with E-state index >= 15 is 0 Å². The van der Waals surface area contributed by atoms with Gasteiger partial charge in [-0.05, 0) is 26.0 Å². The van der Waals surface area contributed by atoms with Crippen LogP contribution in [-0.2, 0) is 4.74 Å². The average molecular weight is 303 g/mol. The quantitative estimate of drug-likeness (QED) is 0.816. The second-order valence-electron chi connectivity index (χ2n) is 5.22. The van der Waals surface area contributed by atoms with Crippen LogP contribution >= 0.6 is 11.3 Å². The Balaban J connectivity index is 1.94. The lowest BCUT2D eigenvalue weighted by molar-refractivity contribution is -0.00527. The molecular formula is C15H17N3O2S. The van der Waals surface area contributed by atoms with Crippen LogP contribution in [0.3, 0.4) is 0 Å². The van der Waals surface area contributed by atoms with E-state index in [0.29, 0.717) is 5.69 Å². The molecule has 0 N–H and O–H groups in total. The predicted octanol–water partition coefficient (Wildman–Crippen LogP) is 2.63. The fourth-order valence-electron chi connectivity index (χ4n) is 2.67. The van der Waals surface area contributed by atoms with Gasteiger partial charge in [0.2, 0.25) is 0 Å². The highest BCUT2D eigenvalue weighted by molar-refractivity contribution is 7.13. The van der Waals surface area contributed by atoms with E-state index in [9.17, 15) is 4.79 Å². The van der Waals surface area contributed by atoms with Crippen molar-refractivity contribution >= 4 is 23.3 Å². The Morgan fingerprint density at radius 2 is 2.10 bits per heavy atom. The number of morpholine rings is 1. The molecule has 1 fully saturated rings. The van der Waals surface area contributed by atoms with E-state index in [1.54, 1.807) is 6.20 Å². The van der Waals surface area contributed by atoms with E-state index in [2.05, 4.69) is 14.9 Å². The first-order valence-corrected chi connectivity index (χ1v) is 7.82. The van der Waals surface area contributed by atoms with E-state index in [1.165, 1.54) is 11.3 Å². The first-order chi connectivity index (χ1) is 10.2. The Morgan fingerprint density at radius 1 is 1.33 bits per heavy atom. The highest BCUT2D eigenvalue weighted by atomic mass is 32.1. The molecule has 5 nitrogen and oxygen atoms in total. The smallest absolute Gasteiger partial charge is 0.170 e. The minimum atomic E-state index is 0.145. The Labute approximate surface area is 127 Å². The summed E-state index contributed by atoms with van der Waals surface area (Å²) >= 11 is 1.51. The van der Waals surface area contributed by atoms with E-state index < -0.39 is 0 Å². The van der Waals surface area contributed by atoms with Crippen molar-refractivity contribution in [3.8, 4) is 10.7 Å². The predicted molar refractivity (Wildman–Crippen MR) is 83.0 cm³/mol. The number of pyridine rings is 1. The first kappa shape index (κ1) is 14.2. The Bertz CT molecular complexity index is 620. The van der Waals surface area contributed by atoms with Crippen molar-refractivity contribution in [2.75, 3.05) is 18.0 Å². The fourth-order valence-corrected chi connectivity index (χ4v) is 3.27. The molecule has 2 aromatic rings. The third-order valence-corrected chi connectivity index (χ3v) is 4.22. The van der Waals surface area contributed by atoms with Crippen LogP contribution in [0, 0.1) is 0 Å². The number of hydrogen-bond acceptors (Lipinski definition) is 6.